The minimum absolute atomic E-state index is 0.0825. The van der Waals surface area contributed by atoms with Crippen molar-refractivity contribution in [2.75, 3.05) is 13.2 Å². The smallest absolute Gasteiger partial charge is 0.306 e. The minimum Gasteiger partial charge on any atom is -0.462 e. The number of ether oxygens (including phenoxy) is 3. The van der Waals surface area contributed by atoms with E-state index in [2.05, 4.69) is 106 Å². The second kappa shape index (κ2) is 67.1. The molecule has 6 heteroatoms. The minimum atomic E-state index is -0.787. The van der Waals surface area contributed by atoms with Crippen LogP contribution < -0.4 is 0 Å². The Morgan fingerprint density at radius 1 is 0.266 bits per heavy atom. The molecule has 79 heavy (non-hydrogen) atoms. The number of carbonyl (C=O) groups excluding carboxylic acids is 3. The lowest BCUT2D eigenvalue weighted by molar-refractivity contribution is -0.167. The fraction of sp³-hybridized carbons (Fsp3) is 0.767. The summed E-state index contributed by atoms with van der Waals surface area (Å²) in [5, 5.41) is 0. The van der Waals surface area contributed by atoms with Gasteiger partial charge in [-0.3, -0.25) is 14.4 Å². The Hall–Kier alpha value is -3.41. The van der Waals surface area contributed by atoms with E-state index in [1.165, 1.54) is 193 Å². The first-order valence-electron chi connectivity index (χ1n) is 34.1. The predicted molar refractivity (Wildman–Crippen MR) is 344 cm³/mol. The van der Waals surface area contributed by atoms with Gasteiger partial charge in [-0.2, -0.15) is 0 Å². The molecule has 1 unspecified atom stereocenters. The van der Waals surface area contributed by atoms with Crippen molar-refractivity contribution >= 4 is 17.9 Å². The van der Waals surface area contributed by atoms with E-state index in [0.29, 0.717) is 19.3 Å². The molecule has 0 radical (unpaired) electrons. The molecule has 0 fully saturated rings. The highest BCUT2D eigenvalue weighted by atomic mass is 16.6. The van der Waals surface area contributed by atoms with Crippen LogP contribution in [0.2, 0.25) is 0 Å². The van der Waals surface area contributed by atoms with Gasteiger partial charge in [0.05, 0.1) is 0 Å². The van der Waals surface area contributed by atoms with Crippen LogP contribution in [0.15, 0.2) is 85.1 Å². The SMILES string of the molecule is CC/C=C\C/C=C\C/C=C\C/C=C\CCCCCCCCC(=O)OC(COC(=O)CCCCCCC/C=C\CCCC)COC(=O)CCCCCCCCCCCCCCCCCCCCC/C=C\C/C=C\CCCCCCC. The van der Waals surface area contributed by atoms with E-state index in [1.807, 2.05) is 0 Å². The van der Waals surface area contributed by atoms with Crippen molar-refractivity contribution in [3.05, 3.63) is 85.1 Å². The summed E-state index contributed by atoms with van der Waals surface area (Å²) in [5.41, 5.74) is 0. The van der Waals surface area contributed by atoms with E-state index in [1.54, 1.807) is 0 Å². The van der Waals surface area contributed by atoms with Crippen LogP contribution in [0.4, 0.5) is 0 Å². The third-order valence-corrected chi connectivity index (χ3v) is 14.9. The summed E-state index contributed by atoms with van der Waals surface area (Å²) in [7, 11) is 0. The molecule has 0 aromatic heterocycles. The molecule has 0 saturated heterocycles. The maximum absolute atomic E-state index is 12.9. The van der Waals surface area contributed by atoms with E-state index in [-0.39, 0.29) is 31.1 Å². The second-order valence-corrected chi connectivity index (χ2v) is 22.7. The van der Waals surface area contributed by atoms with Gasteiger partial charge in [-0.05, 0) is 109 Å². The van der Waals surface area contributed by atoms with Gasteiger partial charge in [0.25, 0.3) is 0 Å². The molecule has 456 valence electrons. The van der Waals surface area contributed by atoms with Crippen LogP contribution in [-0.4, -0.2) is 37.2 Å². The molecule has 6 nitrogen and oxygen atoms in total. The summed E-state index contributed by atoms with van der Waals surface area (Å²) in [6.45, 7) is 6.49. The Balaban J connectivity index is 4.17. The second-order valence-electron chi connectivity index (χ2n) is 22.7. The Kier molecular flexibility index (Phi) is 64.2. The largest absolute Gasteiger partial charge is 0.462 e. The molecule has 0 aliphatic carbocycles. The quantitative estimate of drug-likeness (QED) is 0.0261. The fourth-order valence-corrected chi connectivity index (χ4v) is 9.74. The van der Waals surface area contributed by atoms with E-state index < -0.39 is 6.10 Å². The molecule has 0 saturated carbocycles. The van der Waals surface area contributed by atoms with Crippen LogP contribution in [0.5, 0.6) is 0 Å². The molecule has 0 aromatic carbocycles. The highest BCUT2D eigenvalue weighted by molar-refractivity contribution is 5.71. The summed E-state index contributed by atoms with van der Waals surface area (Å²) >= 11 is 0. The van der Waals surface area contributed by atoms with Crippen LogP contribution in [0.25, 0.3) is 0 Å². The van der Waals surface area contributed by atoms with E-state index in [0.717, 1.165) is 109 Å². The van der Waals surface area contributed by atoms with Gasteiger partial charge in [0.1, 0.15) is 13.2 Å². The molecular weight excluding hydrogens is 973 g/mol. The number of hydrogen-bond donors (Lipinski definition) is 0. The lowest BCUT2D eigenvalue weighted by Crippen LogP contribution is -2.30. The maximum Gasteiger partial charge on any atom is 0.306 e. The van der Waals surface area contributed by atoms with Gasteiger partial charge in [-0.1, -0.05) is 298 Å². The van der Waals surface area contributed by atoms with Crippen LogP contribution in [0, 0.1) is 0 Å². The van der Waals surface area contributed by atoms with Crippen molar-refractivity contribution < 1.29 is 28.6 Å². The number of rotatable bonds is 62. The lowest BCUT2D eigenvalue weighted by Gasteiger charge is -2.18. The third-order valence-electron chi connectivity index (χ3n) is 14.9. The topological polar surface area (TPSA) is 78.9 Å². The fourth-order valence-electron chi connectivity index (χ4n) is 9.74. The number of carbonyl (C=O) groups is 3. The highest BCUT2D eigenvalue weighted by Crippen LogP contribution is 2.17. The van der Waals surface area contributed by atoms with Gasteiger partial charge < -0.3 is 14.2 Å². The first-order chi connectivity index (χ1) is 39.0. The lowest BCUT2D eigenvalue weighted by atomic mass is 10.0. The molecule has 0 bridgehead atoms. The van der Waals surface area contributed by atoms with Crippen LogP contribution >= 0.6 is 0 Å². The maximum atomic E-state index is 12.9. The molecule has 0 heterocycles. The summed E-state index contributed by atoms with van der Waals surface area (Å²) in [4.78, 5) is 38.3. The van der Waals surface area contributed by atoms with Gasteiger partial charge in [0, 0.05) is 19.3 Å². The average Bonchev–Trinajstić information content (AvgIpc) is 3.45. The molecule has 0 rings (SSSR count). The first-order valence-corrected chi connectivity index (χ1v) is 34.1. The number of hydrogen-bond acceptors (Lipinski definition) is 6. The van der Waals surface area contributed by atoms with Crippen molar-refractivity contribution in [1.82, 2.24) is 0 Å². The molecule has 0 N–H and O–H groups in total. The zero-order valence-electron chi connectivity index (χ0n) is 52.4. The van der Waals surface area contributed by atoms with Crippen molar-refractivity contribution in [3.63, 3.8) is 0 Å². The van der Waals surface area contributed by atoms with Crippen LogP contribution in [-0.2, 0) is 28.6 Å². The van der Waals surface area contributed by atoms with Crippen molar-refractivity contribution in [2.45, 2.75) is 348 Å². The van der Waals surface area contributed by atoms with E-state index >= 15 is 0 Å². The summed E-state index contributed by atoms with van der Waals surface area (Å²) in [6.07, 6.45) is 89.0. The molecule has 0 aliphatic heterocycles. The molecular formula is C73H128O6. The van der Waals surface area contributed by atoms with E-state index in [9.17, 15) is 14.4 Å². The molecule has 0 spiro atoms. The molecule has 1 atom stereocenters. The van der Waals surface area contributed by atoms with Gasteiger partial charge >= 0.3 is 17.9 Å². The van der Waals surface area contributed by atoms with Gasteiger partial charge in [0.15, 0.2) is 6.10 Å². The molecule has 0 aliphatic rings. The molecule has 0 aromatic rings. The summed E-state index contributed by atoms with van der Waals surface area (Å²) < 4.78 is 16.9. The third kappa shape index (κ3) is 65.3. The van der Waals surface area contributed by atoms with E-state index in [4.69, 9.17) is 14.2 Å². The predicted octanol–water partition coefficient (Wildman–Crippen LogP) is 23.4. The molecule has 0 amide bonds. The van der Waals surface area contributed by atoms with Crippen LogP contribution in [0.1, 0.15) is 342 Å². The van der Waals surface area contributed by atoms with Crippen molar-refractivity contribution in [1.29, 1.82) is 0 Å². The number of unbranched alkanes of at least 4 members (excludes halogenated alkanes) is 37. The average molecular weight is 1100 g/mol. The normalized spacial score (nSPS) is 12.6. The standard InChI is InChI=1S/C73H128O6/c1-4-7-10-13-16-19-22-24-26-28-30-31-32-33-34-35-36-37-38-39-40-41-43-44-46-48-51-54-57-60-63-66-72(75)78-69-70(68-77-71(74)65-62-59-56-53-50-21-18-15-12-9-6-3)79-73(76)67-64-61-58-55-52-49-47-45-42-29-27-25-23-20-17-14-11-8-5-2/h8,11,15,17-18,20,22,24-25,27-28,30,42,45,70H,4-7,9-10,12-14,16,19,21,23,26,29,31-41,43-44,46-69H2,1-3H3/b11-8-,18-15-,20-17-,24-22-,27-25-,30-28-,45-42-. The zero-order chi connectivity index (χ0) is 57.1. The Bertz CT molecular complexity index is 1500. The number of allylic oxidation sites excluding steroid dienone is 14. The summed E-state index contributed by atoms with van der Waals surface area (Å²) in [5.74, 6) is -0.893. The first kappa shape index (κ1) is 75.6. The number of esters is 3. The summed E-state index contributed by atoms with van der Waals surface area (Å²) in [6, 6.07) is 0. The Morgan fingerprint density at radius 2 is 0.506 bits per heavy atom. The highest BCUT2D eigenvalue weighted by Gasteiger charge is 2.19. The van der Waals surface area contributed by atoms with Gasteiger partial charge in [0.2, 0.25) is 0 Å². The Labute approximate surface area is 490 Å². The van der Waals surface area contributed by atoms with Crippen LogP contribution in [0.3, 0.4) is 0 Å². The van der Waals surface area contributed by atoms with Crippen molar-refractivity contribution in [3.8, 4) is 0 Å². The Morgan fingerprint density at radius 3 is 0.823 bits per heavy atom. The van der Waals surface area contributed by atoms with Crippen molar-refractivity contribution in [2.24, 2.45) is 0 Å². The van der Waals surface area contributed by atoms with Gasteiger partial charge in [-0.15, -0.1) is 0 Å². The zero-order valence-corrected chi connectivity index (χ0v) is 52.4. The van der Waals surface area contributed by atoms with Gasteiger partial charge in [-0.25, -0.2) is 0 Å². The monoisotopic (exact) mass is 1100 g/mol.